The summed E-state index contributed by atoms with van der Waals surface area (Å²) in [7, 11) is 1.79. The number of benzene rings is 1. The highest BCUT2D eigenvalue weighted by molar-refractivity contribution is 14.0. The molecule has 0 amide bonds. The molecule has 2 aliphatic rings. The van der Waals surface area contributed by atoms with E-state index in [-0.39, 0.29) is 24.0 Å². The van der Waals surface area contributed by atoms with E-state index in [9.17, 15) is 0 Å². The van der Waals surface area contributed by atoms with E-state index in [4.69, 9.17) is 18.9 Å². The van der Waals surface area contributed by atoms with Gasteiger partial charge in [0.15, 0.2) is 5.96 Å². The number of morpholine rings is 1. The van der Waals surface area contributed by atoms with Crippen molar-refractivity contribution in [1.82, 2.24) is 15.5 Å². The monoisotopic (exact) mass is 562 g/mol. The van der Waals surface area contributed by atoms with Crippen LogP contribution < -0.4 is 15.4 Å². The summed E-state index contributed by atoms with van der Waals surface area (Å²) in [6.45, 7) is 9.05. The minimum Gasteiger partial charge on any atom is -0.492 e. The molecule has 2 N–H and O–H groups in total. The average Bonchev–Trinajstić information content (AvgIpc) is 3.33. The standard InChI is InChI=1S/C23H38N4O4.HI/c1-24-23(25-8-4-12-29-19-22-7-3-13-30-22)26-18-20-5-2-6-21(17-20)31-16-11-27-9-14-28-15-10-27;/h2,5-6,17,22H,3-4,7-16,18-19H2,1H3,(H2,24,25,26);1H. The molecule has 0 aromatic heterocycles. The lowest BCUT2D eigenvalue weighted by atomic mass is 10.2. The van der Waals surface area contributed by atoms with Crippen molar-refractivity contribution in [1.29, 1.82) is 0 Å². The molecule has 2 saturated heterocycles. The molecule has 8 nitrogen and oxygen atoms in total. The molecule has 182 valence electrons. The van der Waals surface area contributed by atoms with E-state index >= 15 is 0 Å². The van der Waals surface area contributed by atoms with Crippen LogP contribution >= 0.6 is 24.0 Å². The summed E-state index contributed by atoms with van der Waals surface area (Å²) in [5.74, 6) is 1.69. The van der Waals surface area contributed by atoms with E-state index < -0.39 is 0 Å². The van der Waals surface area contributed by atoms with Crippen LogP contribution in [0.1, 0.15) is 24.8 Å². The topological polar surface area (TPSA) is 76.6 Å². The normalized spacial score (nSPS) is 19.4. The highest BCUT2D eigenvalue weighted by atomic mass is 127. The molecular formula is C23H39IN4O4. The largest absolute Gasteiger partial charge is 0.492 e. The third-order valence-corrected chi connectivity index (χ3v) is 5.45. The number of nitrogens with zero attached hydrogens (tertiary/aromatic N) is 2. The van der Waals surface area contributed by atoms with Crippen molar-refractivity contribution in [3.8, 4) is 5.75 Å². The fourth-order valence-corrected chi connectivity index (χ4v) is 3.64. The number of ether oxygens (including phenoxy) is 4. The van der Waals surface area contributed by atoms with Crippen LogP contribution in [0.2, 0.25) is 0 Å². The quantitative estimate of drug-likeness (QED) is 0.175. The first-order valence-corrected chi connectivity index (χ1v) is 11.5. The molecule has 0 spiro atoms. The summed E-state index contributed by atoms with van der Waals surface area (Å²) in [5, 5.41) is 6.69. The molecule has 1 unspecified atom stereocenters. The van der Waals surface area contributed by atoms with E-state index in [1.807, 2.05) is 12.1 Å². The molecule has 0 aliphatic carbocycles. The third kappa shape index (κ3) is 10.7. The molecule has 9 heteroatoms. The second kappa shape index (κ2) is 16.5. The summed E-state index contributed by atoms with van der Waals surface area (Å²) in [6, 6.07) is 8.21. The predicted octanol–water partition coefficient (Wildman–Crippen LogP) is 2.27. The minimum atomic E-state index is 0. The van der Waals surface area contributed by atoms with Crippen molar-refractivity contribution < 1.29 is 18.9 Å². The van der Waals surface area contributed by atoms with Crippen LogP contribution in [0, 0.1) is 0 Å². The number of hydrogen-bond acceptors (Lipinski definition) is 6. The zero-order valence-electron chi connectivity index (χ0n) is 19.2. The van der Waals surface area contributed by atoms with Crippen molar-refractivity contribution in [2.45, 2.75) is 31.9 Å². The van der Waals surface area contributed by atoms with E-state index in [0.29, 0.717) is 25.9 Å². The van der Waals surface area contributed by atoms with Crippen molar-refractivity contribution in [3.05, 3.63) is 29.8 Å². The first kappa shape index (κ1) is 27.1. The van der Waals surface area contributed by atoms with Crippen LogP contribution in [-0.2, 0) is 20.8 Å². The summed E-state index contributed by atoms with van der Waals surface area (Å²) in [6.07, 6.45) is 3.50. The van der Waals surface area contributed by atoms with Crippen LogP contribution in [0.5, 0.6) is 5.75 Å². The van der Waals surface area contributed by atoms with Crippen molar-refractivity contribution >= 4 is 29.9 Å². The lowest BCUT2D eigenvalue weighted by molar-refractivity contribution is 0.0168. The predicted molar refractivity (Wildman–Crippen MR) is 137 cm³/mol. The van der Waals surface area contributed by atoms with Gasteiger partial charge in [-0.05, 0) is 37.0 Å². The molecule has 1 atom stereocenters. The number of hydrogen-bond donors (Lipinski definition) is 2. The van der Waals surface area contributed by atoms with Gasteiger partial charge in [-0.3, -0.25) is 9.89 Å². The molecule has 0 bridgehead atoms. The van der Waals surface area contributed by atoms with E-state index in [1.54, 1.807) is 7.05 Å². The van der Waals surface area contributed by atoms with Gasteiger partial charge in [0.1, 0.15) is 12.4 Å². The molecule has 32 heavy (non-hydrogen) atoms. The highest BCUT2D eigenvalue weighted by Crippen LogP contribution is 2.14. The summed E-state index contributed by atoms with van der Waals surface area (Å²) in [4.78, 5) is 6.67. The van der Waals surface area contributed by atoms with Crippen LogP contribution in [-0.4, -0.2) is 89.8 Å². The Morgan fingerprint density at radius 2 is 2.06 bits per heavy atom. The molecule has 0 radical (unpaired) electrons. The van der Waals surface area contributed by atoms with Gasteiger partial charge in [0.2, 0.25) is 0 Å². The Morgan fingerprint density at radius 3 is 2.84 bits per heavy atom. The molecule has 2 aliphatic heterocycles. The highest BCUT2D eigenvalue weighted by Gasteiger charge is 2.15. The summed E-state index contributed by atoms with van der Waals surface area (Å²) >= 11 is 0. The van der Waals surface area contributed by atoms with E-state index in [2.05, 4.69) is 32.7 Å². The number of halogens is 1. The Morgan fingerprint density at radius 1 is 1.19 bits per heavy atom. The van der Waals surface area contributed by atoms with Gasteiger partial charge in [-0.15, -0.1) is 24.0 Å². The van der Waals surface area contributed by atoms with Crippen LogP contribution in [0.4, 0.5) is 0 Å². The SMILES string of the molecule is CN=C(NCCCOCC1CCCO1)NCc1cccc(OCCN2CCOCC2)c1.I. The van der Waals surface area contributed by atoms with Gasteiger partial charge in [0.05, 0.1) is 25.9 Å². The molecular weight excluding hydrogens is 523 g/mol. The maximum atomic E-state index is 5.94. The van der Waals surface area contributed by atoms with E-state index in [1.165, 1.54) is 0 Å². The molecule has 2 fully saturated rings. The van der Waals surface area contributed by atoms with Gasteiger partial charge in [0, 0.05) is 53.0 Å². The summed E-state index contributed by atoms with van der Waals surface area (Å²) in [5.41, 5.74) is 1.16. The molecule has 1 aromatic carbocycles. The van der Waals surface area contributed by atoms with Crippen molar-refractivity contribution in [3.63, 3.8) is 0 Å². The number of guanidine groups is 1. The minimum absolute atomic E-state index is 0. The fraction of sp³-hybridized carbons (Fsp3) is 0.696. The maximum absolute atomic E-state index is 5.94. The smallest absolute Gasteiger partial charge is 0.191 e. The Balaban J connectivity index is 0.00000363. The molecule has 2 heterocycles. The average molecular weight is 562 g/mol. The number of nitrogens with one attached hydrogen (secondary N) is 2. The molecule has 3 rings (SSSR count). The Kier molecular flexibility index (Phi) is 14.0. The van der Waals surface area contributed by atoms with Crippen molar-refractivity contribution in [2.75, 3.05) is 72.9 Å². The second-order valence-electron chi connectivity index (χ2n) is 7.87. The van der Waals surface area contributed by atoms with Gasteiger partial charge in [-0.1, -0.05) is 12.1 Å². The lowest BCUT2D eigenvalue weighted by Gasteiger charge is -2.26. The zero-order chi connectivity index (χ0) is 21.6. The Bertz CT molecular complexity index is 653. The number of rotatable bonds is 12. The van der Waals surface area contributed by atoms with Crippen molar-refractivity contribution in [2.24, 2.45) is 4.99 Å². The first-order valence-electron chi connectivity index (χ1n) is 11.5. The zero-order valence-corrected chi connectivity index (χ0v) is 21.6. The Hall–Kier alpha value is -1.14. The van der Waals surface area contributed by atoms with Crippen LogP contribution in [0.15, 0.2) is 29.3 Å². The van der Waals surface area contributed by atoms with Crippen LogP contribution in [0.3, 0.4) is 0 Å². The lowest BCUT2D eigenvalue weighted by Crippen LogP contribution is -2.38. The Labute approximate surface area is 209 Å². The van der Waals surface area contributed by atoms with Gasteiger partial charge in [0.25, 0.3) is 0 Å². The van der Waals surface area contributed by atoms with Crippen LogP contribution in [0.25, 0.3) is 0 Å². The van der Waals surface area contributed by atoms with Gasteiger partial charge >= 0.3 is 0 Å². The van der Waals surface area contributed by atoms with Gasteiger partial charge in [-0.2, -0.15) is 0 Å². The fourth-order valence-electron chi connectivity index (χ4n) is 3.64. The molecule has 1 aromatic rings. The van der Waals surface area contributed by atoms with Gasteiger partial charge in [-0.25, -0.2) is 0 Å². The summed E-state index contributed by atoms with van der Waals surface area (Å²) < 4.78 is 22.6. The maximum Gasteiger partial charge on any atom is 0.191 e. The number of aliphatic imine (C=N–C) groups is 1. The second-order valence-corrected chi connectivity index (χ2v) is 7.87. The first-order chi connectivity index (χ1) is 15.3. The van der Waals surface area contributed by atoms with E-state index in [0.717, 1.165) is 89.1 Å². The molecule has 0 saturated carbocycles. The van der Waals surface area contributed by atoms with Gasteiger partial charge < -0.3 is 29.6 Å². The third-order valence-electron chi connectivity index (χ3n) is 5.45.